The van der Waals surface area contributed by atoms with E-state index < -0.39 is 0 Å². The lowest BCUT2D eigenvalue weighted by Gasteiger charge is -2.30. The molecule has 74 valence electrons. The molecule has 1 atom stereocenters. The third kappa shape index (κ3) is 2.14. The highest BCUT2D eigenvalue weighted by Crippen LogP contribution is 2.39. The highest BCUT2D eigenvalue weighted by atomic mass is 15.2. The number of hydrogen-bond donors (Lipinski definition) is 0. The minimum absolute atomic E-state index is 0.603. The van der Waals surface area contributed by atoms with E-state index in [4.69, 9.17) is 0 Å². The standard InChI is InChI=1S/C12H21N/c1-12(2)7-6-11(10-12)13-8-4-3-5-9-13/h3-4,11H,5-10H2,1-2H3. The Kier molecular flexibility index (Phi) is 2.46. The molecule has 1 saturated carbocycles. The molecule has 0 spiro atoms. The van der Waals surface area contributed by atoms with Gasteiger partial charge in [-0.1, -0.05) is 26.0 Å². The molecule has 1 nitrogen and oxygen atoms in total. The Morgan fingerprint density at radius 3 is 2.69 bits per heavy atom. The molecule has 1 heteroatoms. The van der Waals surface area contributed by atoms with Crippen molar-refractivity contribution in [2.24, 2.45) is 5.41 Å². The molecule has 13 heavy (non-hydrogen) atoms. The average Bonchev–Trinajstić information content (AvgIpc) is 2.48. The molecule has 0 N–H and O–H groups in total. The van der Waals surface area contributed by atoms with E-state index in [2.05, 4.69) is 30.9 Å². The topological polar surface area (TPSA) is 3.24 Å². The fourth-order valence-electron chi connectivity index (χ4n) is 2.70. The van der Waals surface area contributed by atoms with Gasteiger partial charge in [0.2, 0.25) is 0 Å². The predicted molar refractivity (Wildman–Crippen MR) is 56.8 cm³/mol. The monoisotopic (exact) mass is 179 g/mol. The van der Waals surface area contributed by atoms with E-state index in [1.807, 2.05) is 0 Å². The molecule has 0 aromatic carbocycles. The molecule has 0 aromatic rings. The van der Waals surface area contributed by atoms with E-state index in [9.17, 15) is 0 Å². The van der Waals surface area contributed by atoms with Crippen molar-refractivity contribution in [2.75, 3.05) is 13.1 Å². The summed E-state index contributed by atoms with van der Waals surface area (Å²) in [5.41, 5.74) is 0.603. The zero-order chi connectivity index (χ0) is 9.31. The Bertz CT molecular complexity index is 205. The van der Waals surface area contributed by atoms with E-state index >= 15 is 0 Å². The van der Waals surface area contributed by atoms with Crippen LogP contribution in [-0.2, 0) is 0 Å². The second-order valence-electron chi connectivity index (χ2n) is 5.32. The molecule has 0 saturated heterocycles. The van der Waals surface area contributed by atoms with Crippen LogP contribution in [-0.4, -0.2) is 24.0 Å². The SMILES string of the molecule is CC1(C)CCC(N2CC=CCC2)C1. The van der Waals surface area contributed by atoms with Crippen LogP contribution in [0, 0.1) is 5.41 Å². The summed E-state index contributed by atoms with van der Waals surface area (Å²) in [6.45, 7) is 7.30. The van der Waals surface area contributed by atoms with Gasteiger partial charge < -0.3 is 0 Å². The molecule has 0 radical (unpaired) electrons. The highest BCUT2D eigenvalue weighted by Gasteiger charge is 2.33. The Labute approximate surface area is 81.8 Å². The normalized spacial score (nSPS) is 33.8. The van der Waals surface area contributed by atoms with E-state index in [1.165, 1.54) is 38.8 Å². The van der Waals surface area contributed by atoms with Gasteiger partial charge in [0.15, 0.2) is 0 Å². The Morgan fingerprint density at radius 1 is 1.31 bits per heavy atom. The average molecular weight is 179 g/mol. The Morgan fingerprint density at radius 2 is 2.15 bits per heavy atom. The minimum atomic E-state index is 0.603. The minimum Gasteiger partial charge on any atom is -0.296 e. The second kappa shape index (κ2) is 3.45. The van der Waals surface area contributed by atoms with Crippen LogP contribution in [0.15, 0.2) is 12.2 Å². The van der Waals surface area contributed by atoms with Gasteiger partial charge in [0.05, 0.1) is 0 Å². The van der Waals surface area contributed by atoms with Crippen molar-refractivity contribution in [1.29, 1.82) is 0 Å². The lowest BCUT2D eigenvalue weighted by atomic mass is 9.91. The van der Waals surface area contributed by atoms with Gasteiger partial charge >= 0.3 is 0 Å². The second-order valence-corrected chi connectivity index (χ2v) is 5.32. The summed E-state index contributed by atoms with van der Waals surface area (Å²) in [6.07, 6.45) is 10.1. The molecule has 1 heterocycles. The van der Waals surface area contributed by atoms with Gasteiger partial charge in [-0.2, -0.15) is 0 Å². The summed E-state index contributed by atoms with van der Waals surface area (Å²) in [7, 11) is 0. The van der Waals surface area contributed by atoms with E-state index in [1.54, 1.807) is 0 Å². The zero-order valence-corrected chi connectivity index (χ0v) is 8.92. The van der Waals surface area contributed by atoms with Crippen LogP contribution in [0.2, 0.25) is 0 Å². The molecule has 0 amide bonds. The molecule has 1 aliphatic heterocycles. The fourth-order valence-corrected chi connectivity index (χ4v) is 2.70. The van der Waals surface area contributed by atoms with Crippen molar-refractivity contribution in [1.82, 2.24) is 4.90 Å². The lowest BCUT2D eigenvalue weighted by molar-refractivity contribution is 0.202. The van der Waals surface area contributed by atoms with Gasteiger partial charge in [-0.25, -0.2) is 0 Å². The van der Waals surface area contributed by atoms with Crippen LogP contribution in [0.1, 0.15) is 39.5 Å². The first-order valence-corrected chi connectivity index (χ1v) is 5.56. The third-order valence-electron chi connectivity index (χ3n) is 3.55. The van der Waals surface area contributed by atoms with Gasteiger partial charge in [-0.15, -0.1) is 0 Å². The van der Waals surface area contributed by atoms with Crippen molar-refractivity contribution in [3.63, 3.8) is 0 Å². The first-order valence-electron chi connectivity index (χ1n) is 5.56. The first kappa shape index (κ1) is 9.26. The third-order valence-corrected chi connectivity index (χ3v) is 3.55. The van der Waals surface area contributed by atoms with Gasteiger partial charge in [-0.05, 0) is 31.1 Å². The van der Waals surface area contributed by atoms with E-state index in [-0.39, 0.29) is 0 Å². The summed E-state index contributed by atoms with van der Waals surface area (Å²) in [4.78, 5) is 2.66. The Hall–Kier alpha value is -0.300. The summed E-state index contributed by atoms with van der Waals surface area (Å²) in [5.74, 6) is 0. The summed E-state index contributed by atoms with van der Waals surface area (Å²) in [6, 6.07) is 0.875. The van der Waals surface area contributed by atoms with Crippen LogP contribution in [0.25, 0.3) is 0 Å². The molecule has 1 unspecified atom stereocenters. The molecule has 2 aliphatic rings. The molecule has 0 bridgehead atoms. The number of hydrogen-bond acceptors (Lipinski definition) is 1. The van der Waals surface area contributed by atoms with Crippen molar-refractivity contribution in [3.05, 3.63) is 12.2 Å². The highest BCUT2D eigenvalue weighted by molar-refractivity contribution is 4.96. The number of rotatable bonds is 1. The van der Waals surface area contributed by atoms with Crippen molar-refractivity contribution in [3.8, 4) is 0 Å². The largest absolute Gasteiger partial charge is 0.296 e. The molecule has 1 aliphatic carbocycles. The predicted octanol–water partition coefficient (Wildman–Crippen LogP) is 2.83. The van der Waals surface area contributed by atoms with Gasteiger partial charge in [0.25, 0.3) is 0 Å². The maximum absolute atomic E-state index is 2.66. The molecular weight excluding hydrogens is 158 g/mol. The zero-order valence-electron chi connectivity index (χ0n) is 8.92. The smallest absolute Gasteiger partial charge is 0.0166 e. The van der Waals surface area contributed by atoms with Crippen molar-refractivity contribution < 1.29 is 0 Å². The van der Waals surface area contributed by atoms with Crippen molar-refractivity contribution >= 4 is 0 Å². The maximum Gasteiger partial charge on any atom is 0.0166 e. The fraction of sp³-hybridized carbons (Fsp3) is 0.833. The van der Waals surface area contributed by atoms with Crippen LogP contribution in [0.4, 0.5) is 0 Å². The van der Waals surface area contributed by atoms with Crippen molar-refractivity contribution in [2.45, 2.75) is 45.6 Å². The van der Waals surface area contributed by atoms with Crippen LogP contribution in [0.5, 0.6) is 0 Å². The summed E-state index contributed by atoms with van der Waals surface area (Å²) in [5, 5.41) is 0. The summed E-state index contributed by atoms with van der Waals surface area (Å²) < 4.78 is 0. The number of nitrogens with zero attached hydrogens (tertiary/aromatic N) is 1. The van der Waals surface area contributed by atoms with Crippen LogP contribution in [0.3, 0.4) is 0 Å². The molecule has 2 rings (SSSR count). The van der Waals surface area contributed by atoms with E-state index in [0.29, 0.717) is 5.41 Å². The van der Waals surface area contributed by atoms with Gasteiger partial charge in [-0.3, -0.25) is 4.90 Å². The summed E-state index contributed by atoms with van der Waals surface area (Å²) >= 11 is 0. The van der Waals surface area contributed by atoms with E-state index in [0.717, 1.165) is 6.04 Å². The quantitative estimate of drug-likeness (QED) is 0.559. The van der Waals surface area contributed by atoms with Crippen LogP contribution >= 0.6 is 0 Å². The maximum atomic E-state index is 2.66. The van der Waals surface area contributed by atoms with Gasteiger partial charge in [0, 0.05) is 19.1 Å². The molecular formula is C12H21N. The van der Waals surface area contributed by atoms with Gasteiger partial charge in [0.1, 0.15) is 0 Å². The Balaban J connectivity index is 1.92. The molecule has 0 aromatic heterocycles. The lowest BCUT2D eigenvalue weighted by Crippen LogP contribution is -2.36. The van der Waals surface area contributed by atoms with Crippen LogP contribution < -0.4 is 0 Å². The first-order chi connectivity index (χ1) is 6.17. The molecule has 1 fully saturated rings.